The number of rotatable bonds is 15. The third-order valence-corrected chi connectivity index (χ3v) is 10.3. The van der Waals surface area contributed by atoms with Gasteiger partial charge in [0.1, 0.15) is 11.5 Å². The number of unbranched alkanes of at least 4 members (excludes halogenated alkanes) is 1. The molecule has 5 aromatic carbocycles. The minimum Gasteiger partial charge on any atom is -0.486 e. The first kappa shape index (κ1) is 39.8. The van der Waals surface area contributed by atoms with Crippen LogP contribution in [0.2, 0.25) is 10.0 Å². The topological polar surface area (TPSA) is 69.9 Å². The number of fused-ring (bicyclic) bond motifs is 5. The molecule has 1 unspecified atom stereocenters. The lowest BCUT2D eigenvalue weighted by Crippen LogP contribution is -2.34. The van der Waals surface area contributed by atoms with Gasteiger partial charge in [-0.15, -0.1) is 0 Å². The fourth-order valence-electron chi connectivity index (χ4n) is 6.91. The lowest BCUT2D eigenvalue weighted by molar-refractivity contribution is -0.148. The molecule has 1 heterocycles. The van der Waals surface area contributed by atoms with Crippen LogP contribution in [0.3, 0.4) is 0 Å². The molecule has 1 atom stereocenters. The van der Waals surface area contributed by atoms with Crippen LogP contribution in [0.5, 0.6) is 5.75 Å². The van der Waals surface area contributed by atoms with Crippen molar-refractivity contribution < 1.29 is 36.7 Å². The average molecular weight is 794 g/mol. The van der Waals surface area contributed by atoms with Crippen molar-refractivity contribution in [1.82, 2.24) is 4.57 Å². The first-order valence-electron chi connectivity index (χ1n) is 18.0. The molecule has 0 fully saturated rings. The maximum Gasteiger partial charge on any atom is 0.340 e. The van der Waals surface area contributed by atoms with Gasteiger partial charge in [-0.2, -0.15) is 8.78 Å². The number of carbonyl (C=O) groups excluding carboxylic acids is 2. The van der Waals surface area contributed by atoms with Crippen LogP contribution >= 0.6 is 23.2 Å². The highest BCUT2D eigenvalue weighted by atomic mass is 35.5. The number of oxime groups is 1. The van der Waals surface area contributed by atoms with Crippen molar-refractivity contribution >= 4 is 73.2 Å². The molecule has 0 aliphatic carbocycles. The van der Waals surface area contributed by atoms with Gasteiger partial charge in [0, 0.05) is 51.8 Å². The fourth-order valence-corrected chi connectivity index (χ4v) is 7.47. The van der Waals surface area contributed by atoms with Crippen molar-refractivity contribution in [2.45, 2.75) is 65.3 Å². The first-order valence-corrected chi connectivity index (χ1v) is 18.7. The Morgan fingerprint density at radius 3 is 2.20 bits per heavy atom. The number of aromatic nitrogens is 1. The third kappa shape index (κ3) is 8.21. The Bertz CT molecular complexity index is 2410. The number of hydrogen-bond donors (Lipinski definition) is 0. The third-order valence-electron chi connectivity index (χ3n) is 9.70. The summed E-state index contributed by atoms with van der Waals surface area (Å²) in [6.07, 6.45) is 0.149. The van der Waals surface area contributed by atoms with E-state index in [0.717, 1.165) is 59.8 Å². The van der Waals surface area contributed by atoms with E-state index < -0.39 is 24.9 Å². The van der Waals surface area contributed by atoms with Crippen LogP contribution in [0.25, 0.3) is 32.6 Å². The quantitative estimate of drug-likeness (QED) is 0.0341. The Balaban J connectivity index is 1.63. The van der Waals surface area contributed by atoms with Gasteiger partial charge < -0.3 is 14.1 Å². The highest BCUT2D eigenvalue weighted by molar-refractivity contribution is 6.42. The number of ketones is 1. The van der Waals surface area contributed by atoms with Crippen LogP contribution in [0.1, 0.15) is 73.5 Å². The number of alkyl halides is 4. The normalized spacial score (nSPS) is 12.9. The Kier molecular flexibility index (Phi) is 12.2. The Morgan fingerprint density at radius 1 is 0.836 bits per heavy atom. The first-order chi connectivity index (χ1) is 26.4. The molecule has 0 radical (unpaired) electrons. The lowest BCUT2D eigenvalue weighted by Gasteiger charge is -2.19. The van der Waals surface area contributed by atoms with Gasteiger partial charge in [0.25, 0.3) is 0 Å². The van der Waals surface area contributed by atoms with E-state index >= 15 is 0 Å². The van der Waals surface area contributed by atoms with E-state index in [1.54, 1.807) is 30.3 Å². The van der Waals surface area contributed by atoms with Crippen LogP contribution in [0.4, 0.5) is 17.6 Å². The summed E-state index contributed by atoms with van der Waals surface area (Å²) in [7, 11) is 0. The summed E-state index contributed by atoms with van der Waals surface area (Å²) in [6, 6.07) is 25.8. The number of hydrogen-bond acceptors (Lipinski definition) is 5. The summed E-state index contributed by atoms with van der Waals surface area (Å²) >= 11 is 13.1. The highest BCUT2D eigenvalue weighted by Gasteiger charge is 2.42. The second kappa shape index (κ2) is 16.8. The summed E-state index contributed by atoms with van der Waals surface area (Å²) < 4.78 is 61.6. The van der Waals surface area contributed by atoms with Gasteiger partial charge in [0.05, 0.1) is 21.1 Å². The highest BCUT2D eigenvalue weighted by Crippen LogP contribution is 2.40. The molecule has 6 aromatic rings. The van der Waals surface area contributed by atoms with Crippen molar-refractivity contribution in [1.29, 1.82) is 0 Å². The van der Waals surface area contributed by atoms with Gasteiger partial charge in [0.2, 0.25) is 0 Å². The molecule has 0 saturated heterocycles. The molecule has 0 N–H and O–H groups in total. The van der Waals surface area contributed by atoms with E-state index in [4.69, 9.17) is 32.8 Å². The molecule has 0 spiro atoms. The van der Waals surface area contributed by atoms with Gasteiger partial charge >= 0.3 is 18.3 Å². The van der Waals surface area contributed by atoms with Crippen molar-refractivity contribution in [2.24, 2.45) is 11.1 Å². The number of benzene rings is 5. The Morgan fingerprint density at radius 2 is 1.53 bits per heavy atom. The number of carbonyl (C=O) groups is 2. The second-order valence-electron chi connectivity index (χ2n) is 13.4. The van der Waals surface area contributed by atoms with Crippen molar-refractivity contribution in [2.75, 3.05) is 6.61 Å². The van der Waals surface area contributed by atoms with E-state index in [1.165, 1.54) is 18.2 Å². The second-order valence-corrected chi connectivity index (χ2v) is 14.2. The van der Waals surface area contributed by atoms with Crippen LogP contribution in [0.15, 0.2) is 96.2 Å². The summed E-state index contributed by atoms with van der Waals surface area (Å²) in [5, 5.41) is 7.55. The summed E-state index contributed by atoms with van der Waals surface area (Å²) in [6.45, 7) is 4.58. The fraction of sp³-hybridized carbons (Fsp3) is 0.279. The Hall–Kier alpha value is -4.93. The summed E-state index contributed by atoms with van der Waals surface area (Å²) in [4.78, 5) is 31.5. The van der Waals surface area contributed by atoms with E-state index in [2.05, 4.69) is 23.6 Å². The van der Waals surface area contributed by atoms with Crippen molar-refractivity contribution in [3.8, 4) is 5.75 Å². The molecular weight excluding hydrogens is 755 g/mol. The monoisotopic (exact) mass is 792 g/mol. The molecule has 0 aliphatic rings. The zero-order valence-electron chi connectivity index (χ0n) is 30.4. The zero-order valence-corrected chi connectivity index (χ0v) is 31.9. The van der Waals surface area contributed by atoms with Crippen molar-refractivity contribution in [3.05, 3.63) is 123 Å². The molecule has 286 valence electrons. The molecule has 55 heavy (non-hydrogen) atoms. The van der Waals surface area contributed by atoms with Crippen molar-refractivity contribution in [3.63, 3.8) is 0 Å². The van der Waals surface area contributed by atoms with Gasteiger partial charge in [-0.3, -0.25) is 4.79 Å². The predicted octanol–water partition coefficient (Wildman–Crippen LogP) is 12.3. The molecular formula is C43H38Cl2F4N2O4. The SMILES string of the molecule is CCCCC(CC)Cn1c2ccc(/C(=N\OC(C)=O)c3ccccc3OCC(F)(F)C(F)F)cc2c2cc(C(=O)c3c(Cl)cccc3Cl)c3ccccc3c21. The van der Waals surface area contributed by atoms with E-state index in [-0.39, 0.29) is 38.4 Å². The molecule has 0 saturated carbocycles. The average Bonchev–Trinajstić information content (AvgIpc) is 3.47. The molecule has 0 bridgehead atoms. The summed E-state index contributed by atoms with van der Waals surface area (Å²) in [5.41, 5.74) is 2.87. The maximum absolute atomic E-state index is 14.4. The molecule has 0 aliphatic heterocycles. The predicted molar refractivity (Wildman–Crippen MR) is 210 cm³/mol. The molecule has 12 heteroatoms. The molecule has 6 rings (SSSR count). The maximum atomic E-state index is 14.4. The Labute approximate surface area is 325 Å². The number of ether oxygens (including phenoxy) is 1. The zero-order chi connectivity index (χ0) is 39.4. The van der Waals surface area contributed by atoms with Gasteiger partial charge in [0.15, 0.2) is 12.4 Å². The molecule has 6 nitrogen and oxygen atoms in total. The molecule has 0 amide bonds. The van der Waals surface area contributed by atoms with E-state index in [1.807, 2.05) is 42.5 Å². The van der Waals surface area contributed by atoms with Gasteiger partial charge in [-0.1, -0.05) is 110 Å². The number of halogens is 6. The minimum atomic E-state index is -4.42. The standard InChI is InChI=1S/C43H38Cl2F4N2O4/c1-4-6-12-26(5-2)23-51-36-20-19-27(39(50-55-25(3)52)30-15-9-10-18-37(30)54-24-43(48,49)42(46)47)21-31(36)32-22-33(28-13-7-8-14-29(28)40(32)51)41(53)38-34(44)16-11-17-35(38)45/h7-11,13-22,26,42H,4-6,12,23-24H2,1-3H3/b50-39+. The van der Waals surface area contributed by atoms with E-state index in [0.29, 0.717) is 29.0 Å². The van der Waals surface area contributed by atoms with Crippen LogP contribution in [-0.4, -0.2) is 41.0 Å². The lowest BCUT2D eigenvalue weighted by atomic mass is 9.93. The summed E-state index contributed by atoms with van der Waals surface area (Å²) in [5.74, 6) is -5.35. The smallest absolute Gasteiger partial charge is 0.340 e. The van der Waals surface area contributed by atoms with Gasteiger partial charge in [-0.25, -0.2) is 13.6 Å². The number of para-hydroxylation sites is 1. The van der Waals surface area contributed by atoms with Crippen LogP contribution < -0.4 is 4.74 Å². The minimum absolute atomic E-state index is 0.0308. The molecule has 1 aromatic heterocycles. The van der Waals surface area contributed by atoms with E-state index in [9.17, 15) is 27.2 Å². The van der Waals surface area contributed by atoms with Crippen LogP contribution in [0, 0.1) is 5.92 Å². The largest absolute Gasteiger partial charge is 0.486 e. The number of nitrogens with zero attached hydrogens (tertiary/aromatic N) is 2. The van der Waals surface area contributed by atoms with Crippen LogP contribution in [-0.2, 0) is 16.2 Å². The van der Waals surface area contributed by atoms with Gasteiger partial charge in [-0.05, 0) is 60.2 Å².